The van der Waals surface area contributed by atoms with Crippen molar-refractivity contribution in [2.45, 2.75) is 13.8 Å². The Morgan fingerprint density at radius 2 is 2.40 bits per heavy atom. The average molecular weight is 223 g/mol. The molecule has 80 valence electrons. The molecule has 0 radical (unpaired) electrons. The van der Waals surface area contributed by atoms with Crippen LogP contribution < -0.4 is 5.73 Å². The largest absolute Gasteiger partial charge is 0.368 e. The summed E-state index contributed by atoms with van der Waals surface area (Å²) in [6.45, 7) is 3.42. The van der Waals surface area contributed by atoms with Crippen LogP contribution >= 0.6 is 11.8 Å². The second-order valence-electron chi connectivity index (χ2n) is 2.97. The minimum Gasteiger partial charge on any atom is -0.368 e. The van der Waals surface area contributed by atoms with E-state index in [9.17, 15) is 4.79 Å². The van der Waals surface area contributed by atoms with Crippen LogP contribution in [0.15, 0.2) is 12.3 Å². The fourth-order valence-electron chi connectivity index (χ4n) is 0.999. The molecular formula is C10H13N3OS. The van der Waals surface area contributed by atoms with E-state index in [0.29, 0.717) is 5.75 Å². The van der Waals surface area contributed by atoms with Gasteiger partial charge in [-0.2, -0.15) is 0 Å². The van der Waals surface area contributed by atoms with E-state index < -0.39 is 0 Å². The number of carbonyl (C=O) groups excluding carboxylic acids is 1. The number of aromatic nitrogens is 2. The number of aryl methyl sites for hydroxylation is 1. The summed E-state index contributed by atoms with van der Waals surface area (Å²) in [4.78, 5) is 18.6. The summed E-state index contributed by atoms with van der Waals surface area (Å²) in [5.74, 6) is 0.946. The maximum absolute atomic E-state index is 10.7. The van der Waals surface area contributed by atoms with Crippen molar-refractivity contribution in [3.05, 3.63) is 23.5 Å². The van der Waals surface area contributed by atoms with Crippen LogP contribution in [0.5, 0.6) is 0 Å². The number of anilines is 1. The third-order valence-electron chi connectivity index (χ3n) is 1.72. The van der Waals surface area contributed by atoms with Gasteiger partial charge in [0.15, 0.2) is 5.12 Å². The number of carbonyl (C=O) groups is 1. The normalized spacial score (nSPS) is 10.8. The second kappa shape index (κ2) is 5.50. The minimum absolute atomic E-state index is 0.116. The zero-order valence-corrected chi connectivity index (χ0v) is 9.54. The molecule has 1 aromatic rings. The predicted octanol–water partition coefficient (Wildman–Crippen LogP) is 1.66. The Bertz CT molecular complexity index is 390. The van der Waals surface area contributed by atoms with Crippen LogP contribution in [-0.2, 0) is 4.79 Å². The van der Waals surface area contributed by atoms with E-state index >= 15 is 0 Å². The fourth-order valence-corrected chi connectivity index (χ4v) is 1.43. The molecule has 0 aliphatic rings. The molecule has 0 aliphatic heterocycles. The topological polar surface area (TPSA) is 68.9 Å². The second-order valence-corrected chi connectivity index (χ2v) is 4.17. The van der Waals surface area contributed by atoms with Gasteiger partial charge in [-0.15, -0.1) is 0 Å². The molecule has 5 heteroatoms. The van der Waals surface area contributed by atoms with Gasteiger partial charge in [-0.25, -0.2) is 9.97 Å². The van der Waals surface area contributed by atoms with Crippen molar-refractivity contribution < 1.29 is 4.79 Å². The lowest BCUT2D eigenvalue weighted by Gasteiger charge is -1.99. The molecule has 0 atom stereocenters. The Morgan fingerprint density at radius 1 is 1.67 bits per heavy atom. The van der Waals surface area contributed by atoms with Gasteiger partial charge in [0.25, 0.3) is 0 Å². The van der Waals surface area contributed by atoms with Crippen molar-refractivity contribution >= 4 is 28.9 Å². The smallest absolute Gasteiger partial charge is 0.220 e. The molecule has 1 aromatic heterocycles. The van der Waals surface area contributed by atoms with Gasteiger partial charge in [-0.3, -0.25) is 4.79 Å². The molecule has 4 nitrogen and oxygen atoms in total. The lowest BCUT2D eigenvalue weighted by Crippen LogP contribution is -1.97. The summed E-state index contributed by atoms with van der Waals surface area (Å²) in [7, 11) is 0. The summed E-state index contributed by atoms with van der Waals surface area (Å²) < 4.78 is 0. The molecule has 1 rings (SSSR count). The molecule has 0 aliphatic carbocycles. The lowest BCUT2D eigenvalue weighted by atomic mass is 10.2. The fraction of sp³-hybridized carbons (Fsp3) is 0.300. The van der Waals surface area contributed by atoms with E-state index in [1.165, 1.54) is 11.8 Å². The first-order valence-electron chi connectivity index (χ1n) is 4.48. The highest BCUT2D eigenvalue weighted by Gasteiger charge is 1.97. The van der Waals surface area contributed by atoms with Gasteiger partial charge in [0.05, 0.1) is 5.69 Å². The Balaban J connectivity index is 2.60. The third-order valence-corrected chi connectivity index (χ3v) is 2.48. The number of nitrogens with two attached hydrogens (primary N) is 1. The highest BCUT2D eigenvalue weighted by Crippen LogP contribution is 2.08. The quantitative estimate of drug-likeness (QED) is 0.844. The van der Waals surface area contributed by atoms with Crippen molar-refractivity contribution in [1.82, 2.24) is 9.97 Å². The Hall–Kier alpha value is -1.36. The van der Waals surface area contributed by atoms with Crippen molar-refractivity contribution in [2.24, 2.45) is 0 Å². The standard InChI is InChI=1S/C10H13N3OS/c1-7-9(6-12-10(11)13-7)4-3-5-15-8(2)14/h3-4,6H,5H2,1-2H3,(H2,11,12,13). The summed E-state index contributed by atoms with van der Waals surface area (Å²) in [5, 5.41) is 0.116. The van der Waals surface area contributed by atoms with E-state index in [2.05, 4.69) is 9.97 Å². The van der Waals surface area contributed by atoms with Gasteiger partial charge < -0.3 is 5.73 Å². The summed E-state index contributed by atoms with van der Waals surface area (Å²) in [6, 6.07) is 0. The van der Waals surface area contributed by atoms with Gasteiger partial charge in [-0.1, -0.05) is 23.9 Å². The summed E-state index contributed by atoms with van der Waals surface area (Å²) in [5.41, 5.74) is 7.19. The van der Waals surface area contributed by atoms with Crippen LogP contribution in [0, 0.1) is 6.92 Å². The van der Waals surface area contributed by atoms with Crippen LogP contribution in [-0.4, -0.2) is 20.8 Å². The number of nitrogen functional groups attached to an aromatic ring is 1. The van der Waals surface area contributed by atoms with E-state index in [0.717, 1.165) is 11.3 Å². The molecule has 0 saturated carbocycles. The molecule has 0 spiro atoms. The van der Waals surface area contributed by atoms with Crippen LogP contribution in [0.3, 0.4) is 0 Å². The first kappa shape index (κ1) is 11.7. The lowest BCUT2D eigenvalue weighted by molar-refractivity contribution is -0.109. The molecule has 15 heavy (non-hydrogen) atoms. The van der Waals surface area contributed by atoms with Crippen LogP contribution in [0.4, 0.5) is 5.95 Å². The molecular weight excluding hydrogens is 210 g/mol. The van der Waals surface area contributed by atoms with Gasteiger partial charge >= 0.3 is 0 Å². The minimum atomic E-state index is 0.116. The van der Waals surface area contributed by atoms with Crippen LogP contribution in [0.1, 0.15) is 18.2 Å². The molecule has 0 amide bonds. The highest BCUT2D eigenvalue weighted by molar-refractivity contribution is 8.13. The van der Waals surface area contributed by atoms with Gasteiger partial charge in [0.1, 0.15) is 0 Å². The monoisotopic (exact) mass is 223 g/mol. The first-order valence-corrected chi connectivity index (χ1v) is 5.47. The van der Waals surface area contributed by atoms with Crippen molar-refractivity contribution in [3.8, 4) is 0 Å². The summed E-state index contributed by atoms with van der Waals surface area (Å²) in [6.07, 6.45) is 5.48. The van der Waals surface area contributed by atoms with Crippen molar-refractivity contribution in [2.75, 3.05) is 11.5 Å². The molecule has 1 heterocycles. The predicted molar refractivity (Wildman–Crippen MR) is 63.4 cm³/mol. The number of thioether (sulfide) groups is 1. The zero-order chi connectivity index (χ0) is 11.3. The van der Waals surface area contributed by atoms with Gasteiger partial charge in [0.2, 0.25) is 5.95 Å². The van der Waals surface area contributed by atoms with E-state index in [1.54, 1.807) is 13.1 Å². The SMILES string of the molecule is CC(=O)SCC=Cc1cnc(N)nc1C. The van der Waals surface area contributed by atoms with E-state index in [1.807, 2.05) is 19.1 Å². The Labute approximate surface area is 93.0 Å². The molecule has 2 N–H and O–H groups in total. The zero-order valence-electron chi connectivity index (χ0n) is 8.73. The molecule has 0 saturated heterocycles. The van der Waals surface area contributed by atoms with Crippen LogP contribution in [0.2, 0.25) is 0 Å². The molecule has 0 bridgehead atoms. The van der Waals surface area contributed by atoms with E-state index in [-0.39, 0.29) is 11.1 Å². The molecule has 0 aromatic carbocycles. The number of nitrogens with zero attached hydrogens (tertiary/aromatic N) is 2. The third kappa shape index (κ3) is 4.12. The molecule has 0 fully saturated rings. The Morgan fingerprint density at radius 3 is 3.00 bits per heavy atom. The Kier molecular flexibility index (Phi) is 4.30. The average Bonchev–Trinajstić information content (AvgIpc) is 2.14. The maximum Gasteiger partial charge on any atom is 0.220 e. The van der Waals surface area contributed by atoms with Gasteiger partial charge in [0, 0.05) is 24.4 Å². The van der Waals surface area contributed by atoms with Crippen molar-refractivity contribution in [3.63, 3.8) is 0 Å². The summed E-state index contributed by atoms with van der Waals surface area (Å²) >= 11 is 1.27. The number of rotatable bonds is 3. The number of hydrogen-bond acceptors (Lipinski definition) is 5. The van der Waals surface area contributed by atoms with Crippen LogP contribution in [0.25, 0.3) is 6.08 Å². The van der Waals surface area contributed by atoms with Gasteiger partial charge in [-0.05, 0) is 6.92 Å². The van der Waals surface area contributed by atoms with Crippen molar-refractivity contribution in [1.29, 1.82) is 0 Å². The first-order chi connectivity index (χ1) is 7.09. The molecule has 0 unspecified atom stereocenters. The number of hydrogen-bond donors (Lipinski definition) is 1. The van der Waals surface area contributed by atoms with E-state index in [4.69, 9.17) is 5.73 Å². The highest BCUT2D eigenvalue weighted by atomic mass is 32.2. The maximum atomic E-state index is 10.7.